The first-order chi connectivity index (χ1) is 42.7. The number of carboxylic acid groups (broad SMARTS) is 1. The minimum Gasteiger partial charge on any atom is -0.508 e. The summed E-state index contributed by atoms with van der Waals surface area (Å²) >= 11 is 0. The van der Waals surface area contributed by atoms with Gasteiger partial charge in [-0.25, -0.2) is 4.79 Å². The van der Waals surface area contributed by atoms with Crippen molar-refractivity contribution < 1.29 is 68.1 Å². The van der Waals surface area contributed by atoms with Crippen LogP contribution in [-0.2, 0) is 54.4 Å². The number of aliphatic hydroxyl groups is 1. The Morgan fingerprint density at radius 3 is 1.94 bits per heavy atom. The van der Waals surface area contributed by atoms with Crippen molar-refractivity contribution >= 4 is 71.1 Å². The van der Waals surface area contributed by atoms with E-state index in [-0.39, 0.29) is 62.3 Å². The van der Waals surface area contributed by atoms with E-state index in [1.807, 2.05) is 26.0 Å². The van der Waals surface area contributed by atoms with E-state index in [1.54, 1.807) is 37.6 Å². The summed E-state index contributed by atoms with van der Waals surface area (Å²) in [6, 6.07) is -5.58. The molecule has 496 valence electrons. The van der Waals surface area contributed by atoms with Crippen molar-refractivity contribution in [3.63, 3.8) is 0 Å². The average molecular weight is 1260 g/mol. The predicted octanol–water partition coefficient (Wildman–Crippen LogP) is -0.878. The van der Waals surface area contributed by atoms with Crippen LogP contribution in [0.15, 0.2) is 84.6 Å². The number of carbonyl (C=O) groups excluding carboxylic acids is 10. The van der Waals surface area contributed by atoms with E-state index < -0.39 is 139 Å². The number of aromatic hydroxyl groups is 1. The molecule has 0 unspecified atom stereocenters. The van der Waals surface area contributed by atoms with Gasteiger partial charge in [-0.15, -0.1) is 0 Å². The Labute approximate surface area is 524 Å². The van der Waals surface area contributed by atoms with Crippen LogP contribution in [0, 0.1) is 23.2 Å². The molecule has 1 saturated carbocycles. The van der Waals surface area contributed by atoms with Crippen LogP contribution in [0.3, 0.4) is 0 Å². The standard InChI is InChI=1S/C61H93N15O14/c1-35(2)29-41(53(83)71-44(19-14-28-68-60(63)65-6)55(85)73-46(52(62)82)32-42-33-66-26-12-8-9-15-36(42)3)18-13-27-67-54(84)47(30-39-16-10-7-11-17-39)74-59(89)51(37(4)77)76-58(88)49(34-69-61(64)90)75-56(86)45(24-25-50(80)81)72-57(87)48(70-38(5)78)31-40-20-22-43(79)23-21-40/h8-9,12-13,15,18,20-23,33,35,37,39,41,44-49,51,66,77,79H,3,7,10-11,14,16-17,19,24-32,34H2,1-2,4-6H3,(H2,62,82)(H,67,84)(H,70,78)(H,71,83)(H,72,87)(H,73,85)(H,74,89)(H,75,86)(H,76,88)(H,80,81)(H3,63,65,68)(H3,64,69,90)/b12-8-,15-9-,18-13+,42-33-/t37-,41+,44+,45+,46+,47+,48-,49+,51+/m1/s1. The molecule has 11 amide bonds. The SMILES string of the molecule is C=C1/C=C\C=C/CN/C=C\1C[C@H](NC(=O)[C@H](CCCNC(=N)NC)NC(=O)[C@@H](/C=C/CNC(=O)[C@H](CC1CCCCC1)NC(=O)[C@@H](NC(=O)[C@H](CNC(N)=O)NC(=O)[C@H](CCC(=O)O)NC(=O)[C@@H](Cc1ccc(O)cc1)NC(C)=O)[C@@H](C)O)CC(C)C)C(N)=O. The van der Waals surface area contributed by atoms with E-state index in [9.17, 15) is 68.1 Å². The lowest BCUT2D eigenvalue weighted by Crippen LogP contribution is -2.63. The fourth-order valence-corrected chi connectivity index (χ4v) is 9.85. The van der Waals surface area contributed by atoms with Crippen molar-refractivity contribution in [2.45, 2.75) is 160 Å². The quantitative estimate of drug-likeness (QED) is 0.0168. The summed E-state index contributed by atoms with van der Waals surface area (Å²) in [5.41, 5.74) is 12.8. The molecule has 0 radical (unpaired) electrons. The Bertz CT molecular complexity index is 2780. The second-order valence-electron chi connectivity index (χ2n) is 22.7. The highest BCUT2D eigenvalue weighted by Gasteiger charge is 2.36. The van der Waals surface area contributed by atoms with E-state index in [0.717, 1.165) is 39.0 Å². The molecule has 9 atom stereocenters. The maximum absolute atomic E-state index is 14.2. The Kier molecular flexibility index (Phi) is 33.0. The minimum atomic E-state index is -1.80. The fourth-order valence-electron chi connectivity index (χ4n) is 9.85. The van der Waals surface area contributed by atoms with E-state index in [2.05, 4.69) is 70.4 Å². The van der Waals surface area contributed by atoms with Crippen LogP contribution in [0.5, 0.6) is 5.75 Å². The molecule has 1 aliphatic carbocycles. The Morgan fingerprint density at radius 2 is 1.33 bits per heavy atom. The van der Waals surface area contributed by atoms with Crippen LogP contribution in [0.2, 0.25) is 0 Å². The molecule has 1 aliphatic heterocycles. The topological polar surface area (TPSA) is 469 Å². The van der Waals surface area contributed by atoms with Gasteiger partial charge in [-0.05, 0) is 79.7 Å². The van der Waals surface area contributed by atoms with Gasteiger partial charge in [0, 0.05) is 65.6 Å². The van der Waals surface area contributed by atoms with E-state index in [4.69, 9.17) is 16.9 Å². The van der Waals surface area contributed by atoms with Crippen molar-refractivity contribution in [1.82, 2.24) is 63.8 Å². The van der Waals surface area contributed by atoms with Gasteiger partial charge in [0.25, 0.3) is 0 Å². The van der Waals surface area contributed by atoms with Crippen molar-refractivity contribution in [3.05, 3.63) is 90.2 Å². The fraction of sp³-hybridized carbons (Fsp3) is 0.541. The number of rotatable bonds is 36. The largest absolute Gasteiger partial charge is 0.508 e. The number of hydrogen-bond donors (Lipinski definition) is 18. The number of aliphatic carboxylic acids is 1. The zero-order valence-electron chi connectivity index (χ0n) is 51.9. The summed E-state index contributed by atoms with van der Waals surface area (Å²) in [4.78, 5) is 147. The second-order valence-corrected chi connectivity index (χ2v) is 22.7. The first-order valence-electron chi connectivity index (χ1n) is 30.2. The van der Waals surface area contributed by atoms with Gasteiger partial charge >= 0.3 is 12.0 Å². The number of carbonyl (C=O) groups is 11. The molecule has 1 heterocycles. The molecule has 0 spiro atoms. The number of benzene rings is 1. The number of phenolic OH excluding ortho intramolecular Hbond substituents is 1. The third-order valence-electron chi connectivity index (χ3n) is 14.7. The van der Waals surface area contributed by atoms with Crippen LogP contribution in [0.1, 0.15) is 110 Å². The smallest absolute Gasteiger partial charge is 0.312 e. The Hall–Kier alpha value is -9.28. The minimum absolute atomic E-state index is 0.00657. The number of aliphatic hydroxyl groups excluding tert-OH is 1. The zero-order chi connectivity index (χ0) is 66.9. The van der Waals surface area contributed by atoms with Gasteiger partial charge in [0.15, 0.2) is 5.96 Å². The number of primary amides is 2. The number of amides is 11. The van der Waals surface area contributed by atoms with Gasteiger partial charge in [0.2, 0.25) is 53.2 Å². The summed E-state index contributed by atoms with van der Waals surface area (Å²) in [6.07, 6.45) is 14.2. The summed E-state index contributed by atoms with van der Waals surface area (Å²) in [5.74, 6) is -9.79. The molecule has 2 aliphatic rings. The Balaban J connectivity index is 1.85. The molecular formula is C61H93N15O14. The maximum atomic E-state index is 14.2. The van der Waals surface area contributed by atoms with Crippen LogP contribution in [0.4, 0.5) is 4.79 Å². The van der Waals surface area contributed by atoms with Crippen LogP contribution >= 0.6 is 0 Å². The van der Waals surface area contributed by atoms with E-state index in [1.165, 1.54) is 31.2 Å². The number of guanidine groups is 1. The van der Waals surface area contributed by atoms with Crippen molar-refractivity contribution in [2.24, 2.45) is 29.2 Å². The number of phenols is 1. The molecule has 20 N–H and O–H groups in total. The number of hydrogen-bond acceptors (Lipinski definition) is 15. The van der Waals surface area contributed by atoms with Crippen molar-refractivity contribution in [1.29, 1.82) is 5.41 Å². The first-order valence-corrected chi connectivity index (χ1v) is 30.2. The average Bonchev–Trinajstić information content (AvgIpc) is 1.81. The Morgan fingerprint density at radius 1 is 0.722 bits per heavy atom. The molecule has 1 aromatic carbocycles. The molecule has 0 saturated heterocycles. The molecule has 0 aromatic heterocycles. The highest BCUT2D eigenvalue weighted by molar-refractivity contribution is 5.97. The van der Waals surface area contributed by atoms with Crippen molar-refractivity contribution in [2.75, 3.05) is 33.2 Å². The van der Waals surface area contributed by atoms with Gasteiger partial charge in [0.1, 0.15) is 48.0 Å². The molecule has 90 heavy (non-hydrogen) atoms. The van der Waals surface area contributed by atoms with E-state index in [0.29, 0.717) is 36.1 Å². The lowest BCUT2D eigenvalue weighted by Gasteiger charge is -2.30. The lowest BCUT2D eigenvalue weighted by molar-refractivity contribution is -0.138. The van der Waals surface area contributed by atoms with Crippen LogP contribution < -0.4 is 75.3 Å². The number of allylic oxidation sites excluding steroid dienone is 4. The third-order valence-corrected chi connectivity index (χ3v) is 14.7. The second kappa shape index (κ2) is 39.6. The summed E-state index contributed by atoms with van der Waals surface area (Å²) in [6.45, 7) is 10.1. The molecule has 29 nitrogen and oxygen atoms in total. The highest BCUT2D eigenvalue weighted by Crippen LogP contribution is 2.28. The molecular weight excluding hydrogens is 1170 g/mol. The van der Waals surface area contributed by atoms with Crippen LogP contribution in [-0.4, -0.2) is 168 Å². The molecule has 1 aromatic rings. The van der Waals surface area contributed by atoms with Gasteiger partial charge in [-0.2, -0.15) is 0 Å². The molecule has 3 rings (SSSR count). The van der Waals surface area contributed by atoms with Gasteiger partial charge in [0.05, 0.1) is 12.0 Å². The number of nitrogens with two attached hydrogens (primary N) is 2. The summed E-state index contributed by atoms with van der Waals surface area (Å²) < 4.78 is 0. The molecule has 1 fully saturated rings. The van der Waals surface area contributed by atoms with Gasteiger partial charge in [-0.1, -0.05) is 101 Å². The predicted molar refractivity (Wildman–Crippen MR) is 335 cm³/mol. The molecule has 29 heteroatoms. The summed E-state index contributed by atoms with van der Waals surface area (Å²) in [5, 5.41) is 69.5. The third kappa shape index (κ3) is 28.7. The molecule has 0 bridgehead atoms. The first kappa shape index (κ1) is 75.0. The van der Waals surface area contributed by atoms with Gasteiger partial charge in [-0.3, -0.25) is 53.4 Å². The summed E-state index contributed by atoms with van der Waals surface area (Å²) in [7, 11) is 1.57. The monoisotopic (exact) mass is 1260 g/mol. The number of nitrogens with one attached hydrogen (secondary N) is 13. The normalized spacial score (nSPS) is 17.6. The maximum Gasteiger partial charge on any atom is 0.312 e. The zero-order valence-corrected chi connectivity index (χ0v) is 51.9. The number of urea groups is 1. The number of carboxylic acids is 1. The van der Waals surface area contributed by atoms with Crippen molar-refractivity contribution in [3.8, 4) is 5.75 Å². The van der Waals surface area contributed by atoms with Gasteiger partial charge < -0.3 is 90.6 Å². The van der Waals surface area contributed by atoms with E-state index >= 15 is 0 Å². The highest BCUT2D eigenvalue weighted by atomic mass is 16.4. The lowest BCUT2D eigenvalue weighted by atomic mass is 9.84. The van der Waals surface area contributed by atoms with Crippen LogP contribution in [0.25, 0.3) is 0 Å².